The lowest BCUT2D eigenvalue weighted by Gasteiger charge is -2.18. The second kappa shape index (κ2) is 15.0. The van der Waals surface area contributed by atoms with Crippen LogP contribution in [-0.2, 0) is 4.79 Å². The van der Waals surface area contributed by atoms with Gasteiger partial charge in [-0.3, -0.25) is 4.79 Å². The Morgan fingerprint density at radius 2 is 1.11 bits per heavy atom. The van der Waals surface area contributed by atoms with E-state index in [1.165, 1.54) is 0 Å². The molecule has 1 aliphatic rings. The summed E-state index contributed by atoms with van der Waals surface area (Å²) in [5.74, 6) is 0.141. The molecule has 37 heavy (non-hydrogen) atoms. The third-order valence-electron chi connectivity index (χ3n) is 6.62. The zero-order valence-electron chi connectivity index (χ0n) is 22.1. The van der Waals surface area contributed by atoms with Crippen molar-refractivity contribution in [2.24, 2.45) is 0 Å². The summed E-state index contributed by atoms with van der Waals surface area (Å²) in [5.41, 5.74) is 6.13. The minimum atomic E-state index is 0.141. The second-order valence-corrected chi connectivity index (χ2v) is 9.47. The van der Waals surface area contributed by atoms with Crippen LogP contribution in [-0.4, -0.2) is 56.4 Å². The Hall–Kier alpha value is -3.41. The highest BCUT2D eigenvalue weighted by molar-refractivity contribution is 6.09. The van der Waals surface area contributed by atoms with Crippen LogP contribution in [0.1, 0.15) is 43.2 Å². The van der Waals surface area contributed by atoms with Crippen LogP contribution in [0.4, 0.5) is 11.4 Å². The first-order chi connectivity index (χ1) is 18.0. The van der Waals surface area contributed by atoms with Gasteiger partial charge in [0.25, 0.3) is 0 Å². The molecule has 3 rings (SSSR count). The van der Waals surface area contributed by atoms with Crippen molar-refractivity contribution in [1.29, 1.82) is 0 Å². The molecule has 0 atom stereocenters. The van der Waals surface area contributed by atoms with E-state index in [-0.39, 0.29) is 19.0 Å². The molecule has 196 valence electrons. The fourth-order valence-electron chi connectivity index (χ4n) is 4.33. The molecule has 2 aromatic carbocycles. The quantitative estimate of drug-likeness (QED) is 0.369. The fourth-order valence-corrected chi connectivity index (χ4v) is 4.33. The van der Waals surface area contributed by atoms with Gasteiger partial charge in [0.15, 0.2) is 5.78 Å². The molecule has 0 saturated heterocycles. The summed E-state index contributed by atoms with van der Waals surface area (Å²) in [7, 11) is 4.05. The van der Waals surface area contributed by atoms with Crippen molar-refractivity contribution in [3.8, 4) is 0 Å². The summed E-state index contributed by atoms with van der Waals surface area (Å²) >= 11 is 0. The molecule has 1 saturated carbocycles. The number of rotatable bonds is 12. The highest BCUT2D eigenvalue weighted by atomic mass is 16.3. The summed E-state index contributed by atoms with van der Waals surface area (Å²) in [6, 6.07) is 16.6. The van der Waals surface area contributed by atoms with Crippen molar-refractivity contribution in [3.05, 3.63) is 95.1 Å². The number of carbonyl (C=O) groups is 1. The zero-order valence-corrected chi connectivity index (χ0v) is 22.1. The van der Waals surface area contributed by atoms with Crippen LogP contribution in [0.2, 0.25) is 0 Å². The highest BCUT2D eigenvalue weighted by Gasteiger charge is 2.19. The number of anilines is 2. The van der Waals surface area contributed by atoms with E-state index in [2.05, 4.69) is 58.3 Å². The molecule has 1 aliphatic carbocycles. The topological polar surface area (TPSA) is 64.0 Å². The average Bonchev–Trinajstić information content (AvgIpc) is 2.93. The maximum Gasteiger partial charge on any atom is 0.184 e. The predicted octanol–water partition coefficient (Wildman–Crippen LogP) is 5.66. The van der Waals surface area contributed by atoms with Crippen LogP contribution in [0.25, 0.3) is 12.2 Å². The van der Waals surface area contributed by atoms with Crippen molar-refractivity contribution in [1.82, 2.24) is 0 Å². The number of Topliss-reactive ketones (excluding diaryl/α,β-unsaturated/α-hetero) is 1. The molecule has 0 aromatic heterocycles. The molecule has 0 aliphatic heterocycles. The van der Waals surface area contributed by atoms with Gasteiger partial charge in [-0.2, -0.15) is 0 Å². The summed E-state index contributed by atoms with van der Waals surface area (Å²) in [5, 5.41) is 18.0. The number of hydrogen-bond donors (Lipinski definition) is 2. The molecule has 5 nitrogen and oxygen atoms in total. The molecule has 0 heterocycles. The van der Waals surface area contributed by atoms with Crippen LogP contribution in [0.3, 0.4) is 0 Å². The molecule has 1 fully saturated rings. The number of nitrogens with zero attached hydrogens (tertiary/aromatic N) is 2. The first-order valence-electron chi connectivity index (χ1n) is 13.1. The Balaban J connectivity index is 1.57. The van der Waals surface area contributed by atoms with E-state index in [9.17, 15) is 4.79 Å². The van der Waals surface area contributed by atoms with Crippen LogP contribution in [0, 0.1) is 0 Å². The Labute approximate surface area is 221 Å². The lowest BCUT2D eigenvalue weighted by molar-refractivity contribution is -0.113. The van der Waals surface area contributed by atoms with Gasteiger partial charge in [0, 0.05) is 51.8 Å². The normalized spacial score (nSPS) is 16.4. The number of ketones is 1. The lowest BCUT2D eigenvalue weighted by atomic mass is 9.88. The lowest BCUT2D eigenvalue weighted by Crippen LogP contribution is -2.19. The molecule has 0 amide bonds. The largest absolute Gasteiger partial charge is 0.396 e. The number of allylic oxidation sites excluding steroid dienone is 6. The smallest absolute Gasteiger partial charge is 0.184 e. The van der Waals surface area contributed by atoms with Crippen molar-refractivity contribution in [2.45, 2.75) is 32.1 Å². The van der Waals surface area contributed by atoms with E-state index < -0.39 is 0 Å². The molecule has 5 heteroatoms. The number of hydrogen-bond acceptors (Lipinski definition) is 5. The molecule has 2 N–H and O–H groups in total. The van der Waals surface area contributed by atoms with E-state index in [1.54, 1.807) is 0 Å². The Morgan fingerprint density at radius 1 is 0.703 bits per heavy atom. The summed E-state index contributed by atoms with van der Waals surface area (Å²) in [4.78, 5) is 17.2. The van der Waals surface area contributed by atoms with Crippen LogP contribution < -0.4 is 9.80 Å². The predicted molar refractivity (Wildman–Crippen MR) is 156 cm³/mol. The standard InChI is InChI=1S/C32H40N2O3/c1-33(22-6-24-35)30-18-14-26(15-19-30)8-3-10-28-12-5-13-29(32(28)37)11-4-9-27-16-20-31(21-17-27)34(2)23-7-25-36/h3-4,8-11,14-21,35-36H,5-7,12-13,22-25H2,1-2H3. The van der Waals surface area contributed by atoms with Gasteiger partial charge in [-0.15, -0.1) is 0 Å². The maximum absolute atomic E-state index is 13.0. The number of carbonyl (C=O) groups excluding carboxylic acids is 1. The van der Waals surface area contributed by atoms with Gasteiger partial charge in [0.1, 0.15) is 0 Å². The van der Waals surface area contributed by atoms with Crippen molar-refractivity contribution >= 4 is 29.3 Å². The Bertz CT molecular complexity index is 1020. The van der Waals surface area contributed by atoms with E-state index in [0.29, 0.717) is 0 Å². The fraction of sp³-hybridized carbons (Fsp3) is 0.344. The van der Waals surface area contributed by atoms with Crippen LogP contribution in [0.15, 0.2) is 84.0 Å². The second-order valence-electron chi connectivity index (χ2n) is 9.47. The molecule has 0 bridgehead atoms. The number of aliphatic hydroxyl groups is 2. The van der Waals surface area contributed by atoms with Crippen molar-refractivity contribution < 1.29 is 15.0 Å². The van der Waals surface area contributed by atoms with Crippen molar-refractivity contribution in [2.75, 3.05) is 50.2 Å². The maximum atomic E-state index is 13.0. The molecular formula is C32H40N2O3. The first-order valence-corrected chi connectivity index (χ1v) is 13.1. The van der Waals surface area contributed by atoms with Gasteiger partial charge in [0.05, 0.1) is 0 Å². The Kier molecular flexibility index (Phi) is 11.4. The average molecular weight is 501 g/mol. The van der Waals surface area contributed by atoms with Crippen LogP contribution in [0.5, 0.6) is 0 Å². The molecular weight excluding hydrogens is 460 g/mol. The van der Waals surface area contributed by atoms with Gasteiger partial charge < -0.3 is 20.0 Å². The number of benzene rings is 2. The first kappa shape index (κ1) is 28.2. The van der Waals surface area contributed by atoms with Gasteiger partial charge in [-0.05, 0) is 78.6 Å². The van der Waals surface area contributed by atoms with Gasteiger partial charge in [-0.1, -0.05) is 60.7 Å². The van der Waals surface area contributed by atoms with E-state index >= 15 is 0 Å². The Morgan fingerprint density at radius 3 is 1.49 bits per heavy atom. The number of aliphatic hydroxyl groups excluding tert-OH is 2. The summed E-state index contributed by atoms with van der Waals surface area (Å²) < 4.78 is 0. The van der Waals surface area contributed by atoms with Gasteiger partial charge in [0.2, 0.25) is 0 Å². The SMILES string of the molecule is CN(CCCO)c1ccc(C=CC=C2CCCC(=CC=Cc3ccc(N(C)CCCO)cc3)C2=O)cc1. The third-order valence-corrected chi connectivity index (χ3v) is 6.62. The van der Waals surface area contributed by atoms with Crippen LogP contribution >= 0.6 is 0 Å². The third kappa shape index (κ3) is 8.88. The van der Waals surface area contributed by atoms with Gasteiger partial charge in [-0.25, -0.2) is 0 Å². The molecule has 2 aromatic rings. The summed E-state index contributed by atoms with van der Waals surface area (Å²) in [6.07, 6.45) is 16.0. The van der Waals surface area contributed by atoms with E-state index in [4.69, 9.17) is 10.2 Å². The van der Waals surface area contributed by atoms with Crippen molar-refractivity contribution in [3.63, 3.8) is 0 Å². The van der Waals surface area contributed by atoms with E-state index in [0.717, 1.165) is 78.8 Å². The van der Waals surface area contributed by atoms with Gasteiger partial charge >= 0.3 is 0 Å². The summed E-state index contributed by atoms with van der Waals surface area (Å²) in [6.45, 7) is 2.04. The monoisotopic (exact) mass is 500 g/mol. The molecule has 0 unspecified atom stereocenters. The molecule has 0 spiro atoms. The minimum Gasteiger partial charge on any atom is -0.396 e. The van der Waals surface area contributed by atoms with E-state index in [1.807, 2.05) is 50.6 Å². The highest BCUT2D eigenvalue weighted by Crippen LogP contribution is 2.25. The molecule has 0 radical (unpaired) electrons. The minimum absolute atomic E-state index is 0.141. The zero-order chi connectivity index (χ0) is 26.5.